The topological polar surface area (TPSA) is 60.7 Å². The van der Waals surface area contributed by atoms with E-state index in [-0.39, 0.29) is 19.8 Å². The van der Waals surface area contributed by atoms with Crippen LogP contribution < -0.4 is 0 Å². The second-order valence-corrected chi connectivity index (χ2v) is 4.74. The third-order valence-electron chi connectivity index (χ3n) is 3.21. The summed E-state index contributed by atoms with van der Waals surface area (Å²) in [6.45, 7) is 5.87. The molecule has 0 saturated heterocycles. The van der Waals surface area contributed by atoms with Gasteiger partial charge in [0.25, 0.3) is 0 Å². The Hall–Kier alpha value is -0.120. The highest BCUT2D eigenvalue weighted by Gasteiger charge is 2.24. The van der Waals surface area contributed by atoms with Gasteiger partial charge in [0.1, 0.15) is 0 Å². The highest BCUT2D eigenvalue weighted by Crippen LogP contribution is 2.18. The zero-order chi connectivity index (χ0) is 13.6. The van der Waals surface area contributed by atoms with Gasteiger partial charge in [-0.15, -0.1) is 0 Å². The van der Waals surface area contributed by atoms with Gasteiger partial charge in [-0.3, -0.25) is 0 Å². The van der Waals surface area contributed by atoms with Crippen molar-refractivity contribution in [3.8, 4) is 0 Å². The van der Waals surface area contributed by atoms with Gasteiger partial charge in [-0.1, -0.05) is 59.3 Å². The van der Waals surface area contributed by atoms with Crippen LogP contribution in [0.2, 0.25) is 0 Å². The van der Waals surface area contributed by atoms with E-state index in [0.29, 0.717) is 6.42 Å². The summed E-state index contributed by atoms with van der Waals surface area (Å²) in [6.07, 6.45) is 9.08. The SMILES string of the molecule is CCC(CO)(CO)CO.CCCCCCCC. The van der Waals surface area contributed by atoms with E-state index in [1.807, 2.05) is 6.92 Å². The molecule has 0 bridgehead atoms. The van der Waals surface area contributed by atoms with Gasteiger partial charge in [0.2, 0.25) is 0 Å². The molecule has 0 aliphatic carbocycles. The minimum absolute atomic E-state index is 0.156. The predicted molar refractivity (Wildman–Crippen MR) is 73.0 cm³/mol. The lowest BCUT2D eigenvalue weighted by Crippen LogP contribution is -2.32. The number of aliphatic hydroxyl groups is 3. The van der Waals surface area contributed by atoms with Crippen molar-refractivity contribution in [3.05, 3.63) is 0 Å². The molecule has 0 saturated carbocycles. The molecule has 3 heteroatoms. The molecule has 0 aromatic rings. The molecule has 0 atom stereocenters. The lowest BCUT2D eigenvalue weighted by atomic mass is 9.88. The van der Waals surface area contributed by atoms with Crippen molar-refractivity contribution in [1.29, 1.82) is 0 Å². The zero-order valence-electron chi connectivity index (χ0n) is 11.9. The van der Waals surface area contributed by atoms with E-state index in [2.05, 4.69) is 13.8 Å². The third-order valence-corrected chi connectivity index (χ3v) is 3.21. The maximum Gasteiger partial charge on any atom is 0.0531 e. The highest BCUT2D eigenvalue weighted by atomic mass is 16.3. The van der Waals surface area contributed by atoms with Gasteiger partial charge in [0.05, 0.1) is 19.8 Å². The Morgan fingerprint density at radius 1 is 0.647 bits per heavy atom. The normalized spacial score (nSPS) is 10.9. The maximum atomic E-state index is 8.66. The molecule has 0 aliphatic rings. The van der Waals surface area contributed by atoms with Crippen LogP contribution in [0.25, 0.3) is 0 Å². The lowest BCUT2D eigenvalue weighted by Gasteiger charge is -2.24. The maximum absolute atomic E-state index is 8.66. The Morgan fingerprint density at radius 3 is 1.12 bits per heavy atom. The van der Waals surface area contributed by atoms with E-state index in [4.69, 9.17) is 15.3 Å². The molecular weight excluding hydrogens is 216 g/mol. The number of aliphatic hydroxyl groups excluding tert-OH is 3. The van der Waals surface area contributed by atoms with E-state index >= 15 is 0 Å². The monoisotopic (exact) mass is 248 g/mol. The fraction of sp³-hybridized carbons (Fsp3) is 1.00. The summed E-state index contributed by atoms with van der Waals surface area (Å²) in [5.74, 6) is 0. The molecule has 17 heavy (non-hydrogen) atoms. The van der Waals surface area contributed by atoms with E-state index in [9.17, 15) is 0 Å². The van der Waals surface area contributed by atoms with Crippen molar-refractivity contribution in [2.45, 2.75) is 65.7 Å². The van der Waals surface area contributed by atoms with Gasteiger partial charge in [-0.25, -0.2) is 0 Å². The Labute approximate surface area is 107 Å². The molecular formula is C14H32O3. The van der Waals surface area contributed by atoms with Gasteiger partial charge in [0, 0.05) is 5.41 Å². The minimum atomic E-state index is -0.667. The molecule has 0 rings (SSSR count). The van der Waals surface area contributed by atoms with E-state index < -0.39 is 5.41 Å². The van der Waals surface area contributed by atoms with Gasteiger partial charge in [-0.2, -0.15) is 0 Å². The average molecular weight is 248 g/mol. The quantitative estimate of drug-likeness (QED) is 0.550. The molecule has 106 valence electrons. The Morgan fingerprint density at radius 2 is 1.00 bits per heavy atom. The van der Waals surface area contributed by atoms with Crippen molar-refractivity contribution in [1.82, 2.24) is 0 Å². The molecule has 0 unspecified atom stereocenters. The van der Waals surface area contributed by atoms with E-state index in [1.54, 1.807) is 0 Å². The molecule has 0 aliphatic heterocycles. The van der Waals surface area contributed by atoms with Crippen LogP contribution in [0.15, 0.2) is 0 Å². The molecule has 0 heterocycles. The number of unbranched alkanes of at least 4 members (excludes halogenated alkanes) is 5. The first-order valence-electron chi connectivity index (χ1n) is 6.98. The largest absolute Gasteiger partial charge is 0.396 e. The van der Waals surface area contributed by atoms with Gasteiger partial charge < -0.3 is 15.3 Å². The van der Waals surface area contributed by atoms with E-state index in [0.717, 1.165) is 0 Å². The van der Waals surface area contributed by atoms with Crippen molar-refractivity contribution in [2.24, 2.45) is 5.41 Å². The van der Waals surface area contributed by atoms with Crippen LogP contribution in [0.1, 0.15) is 65.7 Å². The van der Waals surface area contributed by atoms with Crippen LogP contribution >= 0.6 is 0 Å². The first-order valence-corrected chi connectivity index (χ1v) is 6.98. The molecule has 0 aromatic heterocycles. The molecule has 3 N–H and O–H groups in total. The second kappa shape index (κ2) is 13.9. The van der Waals surface area contributed by atoms with Crippen LogP contribution in [-0.2, 0) is 0 Å². The van der Waals surface area contributed by atoms with Crippen LogP contribution in [-0.4, -0.2) is 35.1 Å². The number of hydrogen-bond acceptors (Lipinski definition) is 3. The number of hydrogen-bond donors (Lipinski definition) is 3. The molecule has 0 radical (unpaired) electrons. The first kappa shape index (κ1) is 19.2. The van der Waals surface area contributed by atoms with Crippen molar-refractivity contribution in [3.63, 3.8) is 0 Å². The number of rotatable bonds is 9. The summed E-state index contributed by atoms with van der Waals surface area (Å²) >= 11 is 0. The Bertz CT molecular complexity index is 110. The molecule has 3 nitrogen and oxygen atoms in total. The van der Waals surface area contributed by atoms with Gasteiger partial charge in [0.15, 0.2) is 0 Å². The molecule has 0 spiro atoms. The summed E-state index contributed by atoms with van der Waals surface area (Å²) in [5, 5.41) is 26.0. The highest BCUT2D eigenvalue weighted by molar-refractivity contribution is 4.74. The smallest absolute Gasteiger partial charge is 0.0531 e. The summed E-state index contributed by atoms with van der Waals surface area (Å²) < 4.78 is 0. The lowest BCUT2D eigenvalue weighted by molar-refractivity contribution is 0.00304. The van der Waals surface area contributed by atoms with Crippen LogP contribution in [0, 0.1) is 5.41 Å². The van der Waals surface area contributed by atoms with Gasteiger partial charge in [-0.05, 0) is 6.42 Å². The molecule has 0 fully saturated rings. The Kier molecular flexibility index (Phi) is 15.8. The second-order valence-electron chi connectivity index (χ2n) is 4.74. The van der Waals surface area contributed by atoms with Crippen molar-refractivity contribution < 1.29 is 15.3 Å². The summed E-state index contributed by atoms with van der Waals surface area (Å²) in [6, 6.07) is 0. The fourth-order valence-electron chi connectivity index (χ4n) is 1.34. The standard InChI is InChI=1S/C8H18.C6H14O3/c1-3-5-7-8-6-4-2;1-2-6(3-7,4-8)5-9/h3-8H2,1-2H3;7-9H,2-5H2,1H3. The van der Waals surface area contributed by atoms with Crippen molar-refractivity contribution in [2.75, 3.05) is 19.8 Å². The van der Waals surface area contributed by atoms with E-state index in [1.165, 1.54) is 38.5 Å². The summed E-state index contributed by atoms with van der Waals surface area (Å²) in [5.41, 5.74) is -0.667. The zero-order valence-corrected chi connectivity index (χ0v) is 11.9. The summed E-state index contributed by atoms with van der Waals surface area (Å²) in [7, 11) is 0. The van der Waals surface area contributed by atoms with Gasteiger partial charge >= 0.3 is 0 Å². The predicted octanol–water partition coefficient (Wildman–Crippen LogP) is 2.73. The van der Waals surface area contributed by atoms with Crippen molar-refractivity contribution >= 4 is 0 Å². The van der Waals surface area contributed by atoms with Crippen LogP contribution in [0.3, 0.4) is 0 Å². The summed E-state index contributed by atoms with van der Waals surface area (Å²) in [4.78, 5) is 0. The Balaban J connectivity index is 0. The third kappa shape index (κ3) is 10.7. The first-order chi connectivity index (χ1) is 8.16. The average Bonchev–Trinajstić information content (AvgIpc) is 2.39. The van der Waals surface area contributed by atoms with Crippen LogP contribution in [0.4, 0.5) is 0 Å². The minimum Gasteiger partial charge on any atom is -0.396 e. The molecule has 0 aromatic carbocycles. The molecule has 0 amide bonds. The fourth-order valence-corrected chi connectivity index (χ4v) is 1.34. The van der Waals surface area contributed by atoms with Crippen LogP contribution in [0.5, 0.6) is 0 Å².